The Bertz CT molecular complexity index is 1060. The number of hydrogen-bond donors (Lipinski definition) is 1. The van der Waals surface area contributed by atoms with Crippen LogP contribution in [0.4, 0.5) is 18.9 Å². The van der Waals surface area contributed by atoms with Crippen molar-refractivity contribution in [3.8, 4) is 11.6 Å². The van der Waals surface area contributed by atoms with Crippen molar-refractivity contribution >= 4 is 50.1 Å². The zero-order valence-corrected chi connectivity index (χ0v) is 18.5. The predicted octanol–water partition coefficient (Wildman–Crippen LogP) is 6.22. The molecule has 10 heteroatoms. The summed E-state index contributed by atoms with van der Waals surface area (Å²) in [5, 5.41) is 2.76. The highest BCUT2D eigenvalue weighted by Gasteiger charge is 2.33. The number of halogens is 5. The normalized spacial score (nSPS) is 11.2. The van der Waals surface area contributed by atoms with Crippen molar-refractivity contribution in [2.75, 3.05) is 5.32 Å². The van der Waals surface area contributed by atoms with Crippen LogP contribution in [0.1, 0.15) is 21.9 Å². The minimum atomic E-state index is -4.59. The molecule has 0 saturated carbocycles. The molecule has 1 N–H and O–H groups in total. The Hall–Kier alpha value is -2.21. The van der Waals surface area contributed by atoms with E-state index in [0.717, 1.165) is 14.1 Å². The van der Waals surface area contributed by atoms with Gasteiger partial charge < -0.3 is 10.1 Å². The van der Waals surface area contributed by atoms with Crippen LogP contribution in [0, 0.1) is 10.5 Å². The summed E-state index contributed by atoms with van der Waals surface area (Å²) < 4.78 is 45.6. The maximum absolute atomic E-state index is 12.9. The molecule has 150 valence electrons. The first-order valence-electron chi connectivity index (χ1n) is 8.09. The van der Waals surface area contributed by atoms with Crippen molar-refractivity contribution in [2.45, 2.75) is 13.1 Å². The summed E-state index contributed by atoms with van der Waals surface area (Å²) in [6.45, 7) is 1.35. The number of anilines is 1. The molecule has 0 saturated heterocycles. The van der Waals surface area contributed by atoms with Crippen molar-refractivity contribution < 1.29 is 22.7 Å². The maximum atomic E-state index is 12.9. The highest BCUT2D eigenvalue weighted by atomic mass is 127. The summed E-state index contributed by atoms with van der Waals surface area (Å²) in [6.07, 6.45) is -4.59. The molecule has 0 atom stereocenters. The van der Waals surface area contributed by atoms with Gasteiger partial charge in [0.15, 0.2) is 5.69 Å². The van der Waals surface area contributed by atoms with Crippen LogP contribution in [0.3, 0.4) is 0 Å². The standard InChI is InChI=1S/C19H12BrF3IN3O2/c1-10-25-16(19(21,22)23)9-17(26-10)29-13-5-3-12(4-6-13)27-18(28)14-8-11(20)2-7-15(14)24/h2-9H,1H3,(H,27,28). The van der Waals surface area contributed by atoms with Crippen molar-refractivity contribution in [3.05, 3.63) is 73.7 Å². The van der Waals surface area contributed by atoms with Gasteiger partial charge in [-0.05, 0) is 72.0 Å². The minimum absolute atomic E-state index is 0.0534. The van der Waals surface area contributed by atoms with Crippen molar-refractivity contribution in [1.82, 2.24) is 9.97 Å². The molecule has 1 heterocycles. The number of carbonyl (C=O) groups excluding carboxylic acids is 1. The number of nitrogens with zero attached hydrogens (tertiary/aromatic N) is 2. The van der Waals surface area contributed by atoms with Crippen LogP contribution in [0.25, 0.3) is 0 Å². The lowest BCUT2D eigenvalue weighted by molar-refractivity contribution is -0.141. The molecular weight excluding hydrogens is 566 g/mol. The van der Waals surface area contributed by atoms with Gasteiger partial charge in [0.1, 0.15) is 11.6 Å². The molecule has 1 amide bonds. The van der Waals surface area contributed by atoms with E-state index in [-0.39, 0.29) is 23.4 Å². The van der Waals surface area contributed by atoms with Crippen LogP contribution in [0.2, 0.25) is 0 Å². The smallest absolute Gasteiger partial charge is 0.433 e. The molecule has 0 unspecified atom stereocenters. The molecule has 2 aromatic carbocycles. The van der Waals surface area contributed by atoms with Crippen LogP contribution in [0.15, 0.2) is 53.0 Å². The van der Waals surface area contributed by atoms with E-state index in [1.54, 1.807) is 18.2 Å². The molecule has 0 aliphatic rings. The number of ether oxygens (including phenoxy) is 1. The number of benzene rings is 2. The number of nitrogens with one attached hydrogen (secondary N) is 1. The van der Waals surface area contributed by atoms with Crippen LogP contribution in [-0.4, -0.2) is 15.9 Å². The third kappa shape index (κ3) is 5.66. The van der Waals surface area contributed by atoms with Gasteiger partial charge in [-0.25, -0.2) is 4.98 Å². The largest absolute Gasteiger partial charge is 0.439 e. The second-order valence-corrected chi connectivity index (χ2v) is 7.92. The van der Waals surface area contributed by atoms with Gasteiger partial charge in [-0.1, -0.05) is 15.9 Å². The summed E-state index contributed by atoms with van der Waals surface area (Å²) in [4.78, 5) is 19.7. The topological polar surface area (TPSA) is 64.1 Å². The Labute approximate surface area is 186 Å². The molecule has 3 rings (SSSR count). The Balaban J connectivity index is 1.73. The lowest BCUT2D eigenvalue weighted by Crippen LogP contribution is -2.13. The van der Waals surface area contributed by atoms with Gasteiger partial charge in [0.2, 0.25) is 5.88 Å². The zero-order valence-electron chi connectivity index (χ0n) is 14.7. The molecule has 1 aromatic heterocycles. The van der Waals surface area contributed by atoms with E-state index in [9.17, 15) is 18.0 Å². The highest BCUT2D eigenvalue weighted by molar-refractivity contribution is 14.1. The van der Waals surface area contributed by atoms with Crippen LogP contribution in [-0.2, 0) is 6.18 Å². The molecule has 3 aromatic rings. The van der Waals surface area contributed by atoms with E-state index in [1.807, 2.05) is 12.1 Å². The second-order valence-electron chi connectivity index (χ2n) is 5.84. The molecule has 0 aliphatic carbocycles. The molecule has 5 nitrogen and oxygen atoms in total. The van der Waals surface area contributed by atoms with E-state index >= 15 is 0 Å². The highest BCUT2D eigenvalue weighted by Crippen LogP contribution is 2.31. The molecule has 0 fully saturated rings. The fourth-order valence-electron chi connectivity index (χ4n) is 2.33. The van der Waals surface area contributed by atoms with Gasteiger partial charge in [-0.15, -0.1) is 0 Å². The number of carbonyl (C=O) groups is 1. The van der Waals surface area contributed by atoms with Crippen LogP contribution < -0.4 is 10.1 Å². The second kappa shape index (κ2) is 8.66. The summed E-state index contributed by atoms with van der Waals surface area (Å²) in [5.41, 5.74) is -0.0584. The third-order valence-electron chi connectivity index (χ3n) is 3.61. The first-order chi connectivity index (χ1) is 13.6. The summed E-state index contributed by atoms with van der Waals surface area (Å²) in [5.74, 6) is -0.287. The van der Waals surface area contributed by atoms with Crippen LogP contribution >= 0.6 is 38.5 Å². The molecule has 0 bridgehead atoms. The maximum Gasteiger partial charge on any atom is 0.433 e. The molecular formula is C19H12BrF3IN3O2. The number of hydrogen-bond acceptors (Lipinski definition) is 4. The van der Waals surface area contributed by atoms with Crippen molar-refractivity contribution in [3.63, 3.8) is 0 Å². The summed E-state index contributed by atoms with van der Waals surface area (Å²) in [7, 11) is 0. The fourth-order valence-corrected chi connectivity index (χ4v) is 3.28. The number of alkyl halides is 3. The molecule has 0 aliphatic heterocycles. The van der Waals surface area contributed by atoms with Gasteiger partial charge in [-0.3, -0.25) is 4.79 Å². The molecule has 0 radical (unpaired) electrons. The van der Waals surface area contributed by atoms with E-state index in [1.165, 1.54) is 19.1 Å². The third-order valence-corrected chi connectivity index (χ3v) is 5.05. The van der Waals surface area contributed by atoms with Crippen molar-refractivity contribution in [1.29, 1.82) is 0 Å². The Morgan fingerprint density at radius 2 is 1.79 bits per heavy atom. The lowest BCUT2D eigenvalue weighted by atomic mass is 10.2. The van der Waals surface area contributed by atoms with E-state index < -0.39 is 11.9 Å². The van der Waals surface area contributed by atoms with Gasteiger partial charge in [-0.2, -0.15) is 18.2 Å². The fraction of sp³-hybridized carbons (Fsp3) is 0.105. The van der Waals surface area contributed by atoms with E-state index in [0.29, 0.717) is 11.3 Å². The van der Waals surface area contributed by atoms with Gasteiger partial charge >= 0.3 is 6.18 Å². The van der Waals surface area contributed by atoms with E-state index in [2.05, 4.69) is 53.8 Å². The predicted molar refractivity (Wildman–Crippen MR) is 113 cm³/mol. The van der Waals surface area contributed by atoms with Crippen LogP contribution in [0.5, 0.6) is 11.6 Å². The van der Waals surface area contributed by atoms with E-state index in [4.69, 9.17) is 4.74 Å². The summed E-state index contributed by atoms with van der Waals surface area (Å²) in [6, 6.07) is 12.3. The number of amides is 1. The average Bonchev–Trinajstić information content (AvgIpc) is 2.64. The lowest BCUT2D eigenvalue weighted by Gasteiger charge is -2.11. The molecule has 29 heavy (non-hydrogen) atoms. The Kier molecular flexibility index (Phi) is 6.42. The SMILES string of the molecule is Cc1nc(Oc2ccc(NC(=O)c3cc(Br)ccc3I)cc2)cc(C(F)(F)F)n1. The zero-order chi connectivity index (χ0) is 21.2. The number of rotatable bonds is 4. The van der Waals surface area contributed by atoms with Crippen molar-refractivity contribution in [2.24, 2.45) is 0 Å². The van der Waals surface area contributed by atoms with Gasteiger partial charge in [0.25, 0.3) is 5.91 Å². The monoisotopic (exact) mass is 577 g/mol. The Morgan fingerprint density at radius 3 is 2.45 bits per heavy atom. The van der Waals surface area contributed by atoms with Gasteiger partial charge in [0, 0.05) is 19.8 Å². The van der Waals surface area contributed by atoms with Gasteiger partial charge in [0.05, 0.1) is 5.56 Å². The molecule has 0 spiro atoms. The summed E-state index contributed by atoms with van der Waals surface area (Å²) >= 11 is 5.40. The Morgan fingerprint density at radius 1 is 1.10 bits per heavy atom. The quantitative estimate of drug-likeness (QED) is 0.374. The number of aromatic nitrogens is 2. The first-order valence-corrected chi connectivity index (χ1v) is 9.96. The number of aryl methyl sites for hydroxylation is 1. The average molecular weight is 578 g/mol. The minimum Gasteiger partial charge on any atom is -0.439 e. The first kappa shape index (κ1) is 21.5.